The van der Waals surface area contributed by atoms with Crippen molar-refractivity contribution in [3.05, 3.63) is 38.0 Å². The van der Waals surface area contributed by atoms with Gasteiger partial charge in [-0.25, -0.2) is 4.98 Å². The number of hydrogen-bond acceptors (Lipinski definition) is 1. The summed E-state index contributed by atoms with van der Waals surface area (Å²) in [6, 6.07) is 5.89. The van der Waals surface area contributed by atoms with E-state index in [1.54, 1.807) is 12.1 Å². The molecule has 0 aliphatic rings. The maximum Gasteiger partial charge on any atom is 0.433 e. The van der Waals surface area contributed by atoms with E-state index in [0.717, 1.165) is 10.5 Å². The van der Waals surface area contributed by atoms with Crippen LogP contribution in [0, 0.1) is 3.57 Å². The Morgan fingerprint density at radius 2 is 1.88 bits per heavy atom. The van der Waals surface area contributed by atoms with Gasteiger partial charge in [-0.1, -0.05) is 22.0 Å². The number of alkyl halides is 3. The van der Waals surface area contributed by atoms with E-state index in [9.17, 15) is 13.2 Å². The molecule has 2 aromatic rings. The fraction of sp³-hybridized carbons (Fsp3) is 0.100. The zero-order valence-electron chi connectivity index (χ0n) is 7.65. The number of pyridine rings is 1. The minimum absolute atomic E-state index is 0.374. The first-order valence-corrected chi connectivity index (χ1v) is 6.08. The van der Waals surface area contributed by atoms with Gasteiger partial charge in [0.15, 0.2) is 0 Å². The van der Waals surface area contributed by atoms with Crippen molar-refractivity contribution in [2.45, 2.75) is 6.18 Å². The second kappa shape index (κ2) is 4.14. The average Bonchev–Trinajstić information content (AvgIpc) is 2.15. The van der Waals surface area contributed by atoms with Crippen LogP contribution in [0.1, 0.15) is 5.69 Å². The summed E-state index contributed by atoms with van der Waals surface area (Å²) in [6.07, 6.45) is -4.40. The molecule has 0 bridgehead atoms. The molecule has 16 heavy (non-hydrogen) atoms. The molecule has 1 aromatic carbocycles. The zero-order valence-corrected chi connectivity index (χ0v) is 11.4. The summed E-state index contributed by atoms with van der Waals surface area (Å²) in [7, 11) is 0. The molecule has 1 nitrogen and oxygen atoms in total. The van der Waals surface area contributed by atoms with Gasteiger partial charge in [0.1, 0.15) is 5.69 Å². The molecule has 0 N–H and O–H groups in total. The Balaban J connectivity index is 2.72. The Hall–Kier alpha value is -0.370. The van der Waals surface area contributed by atoms with Crippen LogP contribution in [0.4, 0.5) is 13.2 Å². The average molecular weight is 402 g/mol. The molecule has 2 rings (SSSR count). The minimum Gasteiger partial charge on any atom is -0.242 e. The van der Waals surface area contributed by atoms with Crippen LogP contribution in [0.25, 0.3) is 10.9 Å². The van der Waals surface area contributed by atoms with Crippen LogP contribution in [-0.2, 0) is 6.18 Å². The predicted molar refractivity (Wildman–Crippen MR) is 67.2 cm³/mol. The third-order valence-electron chi connectivity index (χ3n) is 2.00. The highest BCUT2D eigenvalue weighted by molar-refractivity contribution is 14.1. The summed E-state index contributed by atoms with van der Waals surface area (Å²) in [6.45, 7) is 0. The van der Waals surface area contributed by atoms with E-state index in [0.29, 0.717) is 14.5 Å². The van der Waals surface area contributed by atoms with Gasteiger partial charge in [0, 0.05) is 13.4 Å². The van der Waals surface area contributed by atoms with Gasteiger partial charge in [0.2, 0.25) is 0 Å². The Morgan fingerprint density at radius 3 is 2.50 bits per heavy atom. The monoisotopic (exact) mass is 401 g/mol. The smallest absolute Gasteiger partial charge is 0.242 e. The molecule has 0 radical (unpaired) electrons. The van der Waals surface area contributed by atoms with Crippen LogP contribution in [-0.4, -0.2) is 4.98 Å². The van der Waals surface area contributed by atoms with Crippen LogP contribution in [0.3, 0.4) is 0 Å². The SMILES string of the molecule is FC(F)(F)c1ccc2cc(Br)cc(I)c2n1. The van der Waals surface area contributed by atoms with E-state index < -0.39 is 11.9 Å². The van der Waals surface area contributed by atoms with Crippen molar-refractivity contribution in [2.24, 2.45) is 0 Å². The van der Waals surface area contributed by atoms with Crippen LogP contribution >= 0.6 is 38.5 Å². The summed E-state index contributed by atoms with van der Waals surface area (Å²) in [5.41, 5.74) is -0.487. The molecular formula is C10H4BrF3IN. The lowest BCUT2D eigenvalue weighted by Gasteiger charge is -2.07. The number of benzene rings is 1. The highest BCUT2D eigenvalue weighted by Gasteiger charge is 2.32. The van der Waals surface area contributed by atoms with Crippen LogP contribution in [0.15, 0.2) is 28.7 Å². The molecule has 6 heteroatoms. The summed E-state index contributed by atoms with van der Waals surface area (Å²) >= 11 is 5.26. The second-order valence-corrected chi connectivity index (χ2v) is 5.23. The fourth-order valence-electron chi connectivity index (χ4n) is 1.32. The standard InChI is InChI=1S/C10H4BrF3IN/c11-6-3-5-1-2-8(10(12,13)14)16-9(5)7(15)4-6/h1-4H. The van der Waals surface area contributed by atoms with E-state index in [-0.39, 0.29) is 0 Å². The number of hydrogen-bond donors (Lipinski definition) is 0. The largest absolute Gasteiger partial charge is 0.433 e. The molecule has 1 aromatic heterocycles. The Morgan fingerprint density at radius 1 is 1.19 bits per heavy atom. The lowest BCUT2D eigenvalue weighted by Crippen LogP contribution is -2.07. The molecule has 0 atom stereocenters. The van der Waals surface area contributed by atoms with Crippen LogP contribution in [0.5, 0.6) is 0 Å². The van der Waals surface area contributed by atoms with E-state index in [1.165, 1.54) is 6.07 Å². The molecule has 0 amide bonds. The van der Waals surface area contributed by atoms with Crippen molar-refractivity contribution in [3.8, 4) is 0 Å². The molecule has 0 fully saturated rings. The number of halogens is 5. The number of fused-ring (bicyclic) bond motifs is 1. The first-order valence-electron chi connectivity index (χ1n) is 4.21. The molecule has 84 valence electrons. The Bertz CT molecular complexity index is 553. The molecule has 0 saturated carbocycles. The molecule has 0 saturated heterocycles. The Kier molecular flexibility index (Phi) is 3.13. The van der Waals surface area contributed by atoms with Gasteiger partial charge in [-0.05, 0) is 40.8 Å². The van der Waals surface area contributed by atoms with Crippen LogP contribution < -0.4 is 0 Å². The molecule has 0 aliphatic heterocycles. The quantitative estimate of drug-likeness (QED) is 0.587. The van der Waals surface area contributed by atoms with Gasteiger partial charge in [0.25, 0.3) is 0 Å². The molecule has 0 spiro atoms. The molecule has 0 aliphatic carbocycles. The van der Waals surface area contributed by atoms with Gasteiger partial charge in [-0.15, -0.1) is 0 Å². The normalized spacial score (nSPS) is 12.1. The maximum atomic E-state index is 12.5. The summed E-state index contributed by atoms with van der Waals surface area (Å²) in [5, 5.41) is 0.687. The van der Waals surface area contributed by atoms with Crippen LogP contribution in [0.2, 0.25) is 0 Å². The maximum absolute atomic E-state index is 12.5. The van der Waals surface area contributed by atoms with Gasteiger partial charge in [0.05, 0.1) is 5.52 Å². The van der Waals surface area contributed by atoms with E-state index in [1.807, 2.05) is 22.6 Å². The van der Waals surface area contributed by atoms with Crippen molar-refractivity contribution in [2.75, 3.05) is 0 Å². The fourth-order valence-corrected chi connectivity index (χ4v) is 2.99. The molecular weight excluding hydrogens is 398 g/mol. The number of nitrogens with zero attached hydrogens (tertiary/aromatic N) is 1. The summed E-state index contributed by atoms with van der Waals surface area (Å²) in [4.78, 5) is 3.63. The Labute approximate surface area is 111 Å². The van der Waals surface area contributed by atoms with Crippen molar-refractivity contribution < 1.29 is 13.2 Å². The predicted octanol–water partition coefficient (Wildman–Crippen LogP) is 4.62. The highest BCUT2D eigenvalue weighted by Crippen LogP contribution is 2.31. The van der Waals surface area contributed by atoms with Crippen molar-refractivity contribution in [3.63, 3.8) is 0 Å². The zero-order chi connectivity index (χ0) is 11.9. The lowest BCUT2D eigenvalue weighted by molar-refractivity contribution is -0.140. The molecule has 1 heterocycles. The van der Waals surface area contributed by atoms with E-state index >= 15 is 0 Å². The topological polar surface area (TPSA) is 12.9 Å². The summed E-state index contributed by atoms with van der Waals surface area (Å²) < 4.78 is 38.9. The number of rotatable bonds is 0. The first kappa shape index (κ1) is 12.1. The molecule has 0 unspecified atom stereocenters. The van der Waals surface area contributed by atoms with Gasteiger partial charge < -0.3 is 0 Å². The van der Waals surface area contributed by atoms with Crippen molar-refractivity contribution in [1.29, 1.82) is 0 Å². The third-order valence-corrected chi connectivity index (χ3v) is 3.28. The lowest BCUT2D eigenvalue weighted by atomic mass is 10.2. The van der Waals surface area contributed by atoms with Gasteiger partial charge in [-0.3, -0.25) is 0 Å². The first-order chi connectivity index (χ1) is 7.38. The van der Waals surface area contributed by atoms with E-state index in [2.05, 4.69) is 20.9 Å². The van der Waals surface area contributed by atoms with Crippen molar-refractivity contribution >= 4 is 49.4 Å². The van der Waals surface area contributed by atoms with Gasteiger partial charge >= 0.3 is 6.18 Å². The summed E-state index contributed by atoms with van der Waals surface area (Å²) in [5.74, 6) is 0. The third kappa shape index (κ3) is 2.32. The van der Waals surface area contributed by atoms with E-state index in [4.69, 9.17) is 0 Å². The highest BCUT2D eigenvalue weighted by atomic mass is 127. The number of aromatic nitrogens is 1. The minimum atomic E-state index is -4.40. The second-order valence-electron chi connectivity index (χ2n) is 3.15. The van der Waals surface area contributed by atoms with Gasteiger partial charge in [-0.2, -0.15) is 13.2 Å². The van der Waals surface area contributed by atoms with Crippen molar-refractivity contribution in [1.82, 2.24) is 4.98 Å².